The molecule has 0 radical (unpaired) electrons. The van der Waals surface area contributed by atoms with Crippen LogP contribution >= 0.6 is 0 Å². The van der Waals surface area contributed by atoms with Crippen LogP contribution in [0.5, 0.6) is 0 Å². The van der Waals surface area contributed by atoms with Crippen LogP contribution in [0.15, 0.2) is 297 Å². The molecule has 2 nitrogen and oxygen atoms in total. The second-order valence-corrected chi connectivity index (χ2v) is 19.6. The maximum absolute atomic E-state index is 2.57. The average Bonchev–Trinajstić information content (AvgIpc) is 3.55. The van der Waals surface area contributed by atoms with E-state index < -0.39 is 0 Å². The smallest absolute Gasteiger partial charge is 0.252 e. The summed E-state index contributed by atoms with van der Waals surface area (Å²) in [5, 5.41) is 0. The molecule has 12 aromatic carbocycles. The van der Waals surface area contributed by atoms with Gasteiger partial charge in [0, 0.05) is 34.1 Å². The van der Waals surface area contributed by atoms with E-state index in [2.05, 4.69) is 307 Å². The molecule has 2 aliphatic heterocycles. The summed E-state index contributed by atoms with van der Waals surface area (Å²) < 4.78 is 0. The standard InChI is InChI=1S/C72H49BN2/c1-8-24-50(25-9-1)57-38-22-40-60(42-57)74-68-48-64(55-34-18-6-19-35-55)62(53-30-14-4-15-31-53)46-66(68)73-67-47-63(54-32-16-5-17-33-54)65(56-36-20-7-21-37-56)49-69(67)75(61-41-23-39-58(43-61)51-26-10-2-11-27-51)71-45-59(44-70(74)72(71)73)52-28-12-3-13-29-52/h1-49H. The van der Waals surface area contributed by atoms with Crippen molar-refractivity contribution < 1.29 is 0 Å². The van der Waals surface area contributed by atoms with Gasteiger partial charge in [0.15, 0.2) is 0 Å². The molecule has 0 N–H and O–H groups in total. The molecule has 12 aromatic rings. The first kappa shape index (κ1) is 44.0. The van der Waals surface area contributed by atoms with Gasteiger partial charge in [0.2, 0.25) is 0 Å². The molecule has 0 bridgehead atoms. The molecule has 0 saturated carbocycles. The maximum atomic E-state index is 2.57. The van der Waals surface area contributed by atoms with Gasteiger partial charge < -0.3 is 9.80 Å². The van der Waals surface area contributed by atoms with Crippen LogP contribution in [0.4, 0.5) is 34.1 Å². The van der Waals surface area contributed by atoms with Crippen LogP contribution in [-0.4, -0.2) is 6.71 Å². The predicted molar refractivity (Wildman–Crippen MR) is 319 cm³/mol. The number of benzene rings is 12. The Morgan fingerprint density at radius 2 is 0.480 bits per heavy atom. The highest BCUT2D eigenvalue weighted by atomic mass is 15.2. The van der Waals surface area contributed by atoms with Crippen LogP contribution in [0, 0.1) is 0 Å². The zero-order valence-electron chi connectivity index (χ0n) is 41.3. The van der Waals surface area contributed by atoms with Crippen molar-refractivity contribution >= 4 is 57.2 Å². The topological polar surface area (TPSA) is 6.48 Å². The zero-order chi connectivity index (χ0) is 49.7. The van der Waals surface area contributed by atoms with Gasteiger partial charge in [-0.25, -0.2) is 0 Å². The number of rotatable bonds is 9. The van der Waals surface area contributed by atoms with E-state index in [1.54, 1.807) is 0 Å². The van der Waals surface area contributed by atoms with E-state index in [9.17, 15) is 0 Å². The molecule has 0 fully saturated rings. The summed E-state index contributed by atoms with van der Waals surface area (Å²) in [7, 11) is 0. The highest BCUT2D eigenvalue weighted by Crippen LogP contribution is 2.50. The molecule has 2 aliphatic rings. The quantitative estimate of drug-likeness (QED) is 0.133. The molecule has 0 aromatic heterocycles. The van der Waals surface area contributed by atoms with Crippen LogP contribution in [0.25, 0.3) is 77.9 Å². The summed E-state index contributed by atoms with van der Waals surface area (Å²) in [6.07, 6.45) is 0. The Hall–Kier alpha value is -9.70. The Morgan fingerprint density at radius 1 is 0.200 bits per heavy atom. The van der Waals surface area contributed by atoms with Crippen molar-refractivity contribution in [1.82, 2.24) is 0 Å². The lowest BCUT2D eigenvalue weighted by Crippen LogP contribution is -2.61. The van der Waals surface area contributed by atoms with Crippen molar-refractivity contribution in [1.29, 1.82) is 0 Å². The van der Waals surface area contributed by atoms with Gasteiger partial charge in [0.25, 0.3) is 6.71 Å². The Bertz CT molecular complexity index is 3790. The molecule has 0 saturated heterocycles. The third kappa shape index (κ3) is 7.85. The van der Waals surface area contributed by atoms with E-state index in [0.717, 1.165) is 45.3 Å². The van der Waals surface area contributed by atoms with Crippen LogP contribution in [0.1, 0.15) is 0 Å². The third-order valence-electron chi connectivity index (χ3n) is 15.2. The minimum atomic E-state index is -0.161. The van der Waals surface area contributed by atoms with Crippen molar-refractivity contribution in [2.24, 2.45) is 0 Å². The zero-order valence-corrected chi connectivity index (χ0v) is 41.3. The normalized spacial score (nSPS) is 12.2. The van der Waals surface area contributed by atoms with Gasteiger partial charge in [0.05, 0.1) is 0 Å². The molecular weight excluding hydrogens is 904 g/mol. The Labute approximate surface area is 439 Å². The van der Waals surface area contributed by atoms with Crippen molar-refractivity contribution in [3.05, 3.63) is 297 Å². The molecular formula is C72H49BN2. The number of anilines is 6. The molecule has 3 heteroatoms. The number of nitrogens with zero attached hydrogens (tertiary/aromatic N) is 2. The first-order valence-corrected chi connectivity index (χ1v) is 25.9. The summed E-state index contributed by atoms with van der Waals surface area (Å²) in [6, 6.07) is 110. The fourth-order valence-electron chi connectivity index (χ4n) is 11.8. The molecule has 0 amide bonds. The van der Waals surface area contributed by atoms with Gasteiger partial charge in [-0.1, -0.05) is 249 Å². The molecule has 350 valence electrons. The van der Waals surface area contributed by atoms with E-state index in [0.29, 0.717) is 0 Å². The van der Waals surface area contributed by atoms with Crippen molar-refractivity contribution in [3.8, 4) is 77.9 Å². The summed E-state index contributed by atoms with van der Waals surface area (Å²) in [5.74, 6) is 0. The average molecular weight is 953 g/mol. The second kappa shape index (κ2) is 18.7. The molecule has 14 rings (SSSR count). The largest absolute Gasteiger partial charge is 0.311 e. The Morgan fingerprint density at radius 3 is 0.813 bits per heavy atom. The SMILES string of the molecule is c1ccc(-c2cccc(N3c4cc(-c5ccccc5)c(-c5ccccc5)cc4B4c5cc(-c6ccccc6)c(-c6ccccc6)cc5N(c5cccc(-c6ccccc6)c5)c5cc(-c6ccccc6)cc3c54)c2)cc1. The Kier molecular flexibility index (Phi) is 11.0. The fourth-order valence-corrected chi connectivity index (χ4v) is 11.8. The first-order valence-electron chi connectivity index (χ1n) is 25.9. The van der Waals surface area contributed by atoms with Gasteiger partial charge >= 0.3 is 0 Å². The molecule has 0 aliphatic carbocycles. The number of fused-ring (bicyclic) bond motifs is 4. The highest BCUT2D eigenvalue weighted by Gasteiger charge is 2.45. The lowest BCUT2D eigenvalue weighted by Gasteiger charge is -2.45. The van der Waals surface area contributed by atoms with E-state index in [1.165, 1.54) is 83.1 Å². The Balaban J connectivity index is 1.15. The summed E-state index contributed by atoms with van der Waals surface area (Å²) in [5.41, 5.74) is 27.1. The van der Waals surface area contributed by atoms with Crippen LogP contribution in [0.3, 0.4) is 0 Å². The van der Waals surface area contributed by atoms with Crippen molar-refractivity contribution in [2.45, 2.75) is 0 Å². The highest BCUT2D eigenvalue weighted by molar-refractivity contribution is 7.00. The van der Waals surface area contributed by atoms with E-state index in [4.69, 9.17) is 0 Å². The minimum Gasteiger partial charge on any atom is -0.311 e. The van der Waals surface area contributed by atoms with Gasteiger partial charge in [0.1, 0.15) is 0 Å². The third-order valence-corrected chi connectivity index (χ3v) is 15.2. The number of hydrogen-bond acceptors (Lipinski definition) is 2. The first-order chi connectivity index (χ1) is 37.2. The van der Waals surface area contributed by atoms with Gasteiger partial charge in [-0.05, 0) is 143 Å². The summed E-state index contributed by atoms with van der Waals surface area (Å²) in [6.45, 7) is -0.161. The summed E-state index contributed by atoms with van der Waals surface area (Å²) >= 11 is 0. The van der Waals surface area contributed by atoms with E-state index >= 15 is 0 Å². The maximum Gasteiger partial charge on any atom is 0.252 e. The van der Waals surface area contributed by atoms with E-state index in [-0.39, 0.29) is 6.71 Å². The lowest BCUT2D eigenvalue weighted by molar-refractivity contribution is 1.25. The lowest BCUT2D eigenvalue weighted by atomic mass is 9.33. The van der Waals surface area contributed by atoms with Crippen LogP contribution in [-0.2, 0) is 0 Å². The van der Waals surface area contributed by atoms with Gasteiger partial charge in [-0.2, -0.15) is 0 Å². The van der Waals surface area contributed by atoms with Crippen molar-refractivity contribution in [3.63, 3.8) is 0 Å². The van der Waals surface area contributed by atoms with Crippen LogP contribution in [0.2, 0.25) is 0 Å². The molecule has 2 heterocycles. The number of hydrogen-bond donors (Lipinski definition) is 0. The van der Waals surface area contributed by atoms with Crippen molar-refractivity contribution in [2.75, 3.05) is 9.80 Å². The van der Waals surface area contributed by atoms with Gasteiger partial charge in [-0.3, -0.25) is 0 Å². The summed E-state index contributed by atoms with van der Waals surface area (Å²) in [4.78, 5) is 5.15. The molecule has 0 atom stereocenters. The minimum absolute atomic E-state index is 0.161. The predicted octanol–water partition coefficient (Wildman–Crippen LogP) is 17.4. The molecule has 0 spiro atoms. The fraction of sp³-hybridized carbons (Fsp3) is 0. The second-order valence-electron chi connectivity index (χ2n) is 19.6. The monoisotopic (exact) mass is 952 g/mol. The van der Waals surface area contributed by atoms with Gasteiger partial charge in [-0.15, -0.1) is 0 Å². The van der Waals surface area contributed by atoms with E-state index in [1.807, 2.05) is 0 Å². The molecule has 0 unspecified atom stereocenters. The molecule has 75 heavy (non-hydrogen) atoms. The van der Waals surface area contributed by atoms with Crippen LogP contribution < -0.4 is 26.2 Å².